The molecule has 2 N–H and O–H groups in total. The van der Waals surface area contributed by atoms with Crippen LogP contribution in [0, 0.1) is 0 Å². The minimum atomic E-state index is -0.909. The molecule has 1 unspecified atom stereocenters. The maximum atomic E-state index is 11.6. The third-order valence-electron chi connectivity index (χ3n) is 1.68. The summed E-state index contributed by atoms with van der Waals surface area (Å²) in [6, 6.07) is -0.0750. The normalized spacial score (nSPS) is 13.7. The van der Waals surface area contributed by atoms with E-state index >= 15 is 0 Å². The van der Waals surface area contributed by atoms with Crippen LogP contribution in [0.3, 0.4) is 0 Å². The minimum absolute atomic E-state index is 0.123. The predicted octanol–water partition coefficient (Wildman–Crippen LogP) is 1.24. The lowest BCUT2D eigenvalue weighted by atomic mass is 10.3. The third-order valence-corrected chi connectivity index (χ3v) is 3.62. The highest BCUT2D eigenvalue weighted by Gasteiger charge is 2.18. The van der Waals surface area contributed by atoms with Crippen LogP contribution in [0.1, 0.15) is 34.6 Å². The summed E-state index contributed by atoms with van der Waals surface area (Å²) in [5.74, 6) is 0.495. The van der Waals surface area contributed by atoms with Crippen molar-refractivity contribution in [2.45, 2.75) is 45.4 Å². The molecule has 0 bridgehead atoms. The molecular weight excluding hydrogens is 212 g/mol. The molecule has 0 aromatic carbocycles. The van der Waals surface area contributed by atoms with Crippen LogP contribution >= 0.6 is 0 Å². The van der Waals surface area contributed by atoms with Crippen LogP contribution in [0.4, 0.5) is 4.79 Å². The molecule has 0 radical (unpaired) electrons. The molecule has 4 nitrogen and oxygen atoms in total. The molecule has 0 saturated carbocycles. The van der Waals surface area contributed by atoms with Crippen LogP contribution in [0.15, 0.2) is 0 Å². The van der Waals surface area contributed by atoms with Gasteiger partial charge in [0, 0.05) is 33.9 Å². The Kier molecular flexibility index (Phi) is 5.87. The van der Waals surface area contributed by atoms with Crippen molar-refractivity contribution in [2.24, 2.45) is 0 Å². The van der Waals surface area contributed by atoms with Crippen molar-refractivity contribution in [3.8, 4) is 0 Å². The van der Waals surface area contributed by atoms with E-state index in [2.05, 4.69) is 10.6 Å². The van der Waals surface area contributed by atoms with E-state index < -0.39 is 10.8 Å². The SMILES string of the molecule is CC(C)NC(=O)NCCS(=O)C(C)(C)C. The van der Waals surface area contributed by atoms with Gasteiger partial charge < -0.3 is 10.6 Å². The van der Waals surface area contributed by atoms with E-state index in [1.165, 1.54) is 0 Å². The number of carbonyl (C=O) groups is 1. The fraction of sp³-hybridized carbons (Fsp3) is 0.900. The monoisotopic (exact) mass is 234 g/mol. The Bertz CT molecular complexity index is 234. The zero-order valence-electron chi connectivity index (χ0n) is 10.2. The summed E-state index contributed by atoms with van der Waals surface area (Å²) >= 11 is 0. The molecule has 0 spiro atoms. The second-order valence-electron chi connectivity index (χ2n) is 4.72. The van der Waals surface area contributed by atoms with Crippen molar-refractivity contribution in [3.05, 3.63) is 0 Å². The van der Waals surface area contributed by atoms with Gasteiger partial charge >= 0.3 is 6.03 Å². The van der Waals surface area contributed by atoms with Crippen molar-refractivity contribution in [1.82, 2.24) is 10.6 Å². The van der Waals surface area contributed by atoms with Crippen LogP contribution in [0.5, 0.6) is 0 Å². The second-order valence-corrected chi connectivity index (χ2v) is 7.04. The molecule has 0 aromatic heterocycles. The lowest BCUT2D eigenvalue weighted by Gasteiger charge is -2.18. The van der Waals surface area contributed by atoms with Crippen LogP contribution < -0.4 is 10.6 Å². The smallest absolute Gasteiger partial charge is 0.315 e. The Morgan fingerprint density at radius 2 is 1.87 bits per heavy atom. The van der Waals surface area contributed by atoms with Crippen molar-refractivity contribution in [2.75, 3.05) is 12.3 Å². The molecule has 0 saturated heterocycles. The number of carbonyl (C=O) groups excluding carboxylic acids is 1. The maximum absolute atomic E-state index is 11.6. The molecular formula is C10H22N2O2S. The van der Waals surface area contributed by atoms with Crippen LogP contribution in [0.2, 0.25) is 0 Å². The molecule has 0 aliphatic carbocycles. The number of hydrogen-bond donors (Lipinski definition) is 2. The molecule has 0 aromatic rings. The highest BCUT2D eigenvalue weighted by atomic mass is 32.2. The van der Waals surface area contributed by atoms with E-state index in [0.29, 0.717) is 12.3 Å². The lowest BCUT2D eigenvalue weighted by Crippen LogP contribution is -2.41. The zero-order chi connectivity index (χ0) is 12.1. The molecule has 0 heterocycles. The van der Waals surface area contributed by atoms with Crippen LogP contribution in [-0.4, -0.2) is 33.3 Å². The first-order chi connectivity index (χ1) is 6.73. The van der Waals surface area contributed by atoms with Gasteiger partial charge in [0.05, 0.1) is 0 Å². The Balaban J connectivity index is 3.72. The lowest BCUT2D eigenvalue weighted by molar-refractivity contribution is 0.239. The van der Waals surface area contributed by atoms with Gasteiger partial charge in [-0.25, -0.2) is 4.79 Å². The average Bonchev–Trinajstić information content (AvgIpc) is 2.00. The Labute approximate surface area is 94.7 Å². The molecule has 0 rings (SSSR count). The topological polar surface area (TPSA) is 58.2 Å². The number of urea groups is 1. The van der Waals surface area contributed by atoms with Gasteiger partial charge in [0.2, 0.25) is 0 Å². The Hall–Kier alpha value is -0.580. The Morgan fingerprint density at radius 3 is 2.27 bits per heavy atom. The zero-order valence-corrected chi connectivity index (χ0v) is 11.0. The number of rotatable bonds is 4. The molecule has 90 valence electrons. The van der Waals surface area contributed by atoms with E-state index in [1.54, 1.807) is 0 Å². The number of amides is 2. The highest BCUT2D eigenvalue weighted by Crippen LogP contribution is 2.10. The summed E-state index contributed by atoms with van der Waals surface area (Å²) in [6.45, 7) is 10.0. The van der Waals surface area contributed by atoms with Crippen LogP contribution in [-0.2, 0) is 10.8 Å². The van der Waals surface area contributed by atoms with Crippen LogP contribution in [0.25, 0.3) is 0 Å². The minimum Gasteiger partial charge on any atom is -0.337 e. The van der Waals surface area contributed by atoms with E-state index in [9.17, 15) is 9.00 Å². The fourth-order valence-corrected chi connectivity index (χ4v) is 1.78. The van der Waals surface area contributed by atoms with Gasteiger partial charge in [0.1, 0.15) is 0 Å². The van der Waals surface area contributed by atoms with E-state index in [0.717, 1.165) is 0 Å². The molecule has 0 aliphatic heterocycles. The second kappa shape index (κ2) is 6.10. The third kappa shape index (κ3) is 7.36. The molecule has 5 heteroatoms. The first-order valence-electron chi connectivity index (χ1n) is 5.16. The standard InChI is InChI=1S/C10H22N2O2S/c1-8(2)12-9(13)11-6-7-15(14)10(3,4)5/h8H,6-7H2,1-5H3,(H2,11,12,13). The van der Waals surface area contributed by atoms with Gasteiger partial charge in [-0.3, -0.25) is 4.21 Å². The fourth-order valence-electron chi connectivity index (χ4n) is 0.877. The first kappa shape index (κ1) is 14.4. The van der Waals surface area contributed by atoms with Gasteiger partial charge in [-0.05, 0) is 34.6 Å². The van der Waals surface area contributed by atoms with Crippen molar-refractivity contribution >= 4 is 16.8 Å². The molecule has 2 amide bonds. The van der Waals surface area contributed by atoms with E-state index in [1.807, 2.05) is 34.6 Å². The van der Waals surface area contributed by atoms with Crippen molar-refractivity contribution in [1.29, 1.82) is 0 Å². The average molecular weight is 234 g/mol. The van der Waals surface area contributed by atoms with E-state index in [-0.39, 0.29) is 16.8 Å². The summed E-state index contributed by atoms with van der Waals surface area (Å²) in [5, 5.41) is 5.38. The summed E-state index contributed by atoms with van der Waals surface area (Å²) in [7, 11) is -0.909. The van der Waals surface area contributed by atoms with Gasteiger partial charge in [-0.1, -0.05) is 0 Å². The number of hydrogen-bond acceptors (Lipinski definition) is 2. The number of nitrogens with one attached hydrogen (secondary N) is 2. The summed E-state index contributed by atoms with van der Waals surface area (Å²) < 4.78 is 11.4. The van der Waals surface area contributed by atoms with Gasteiger partial charge in [0.15, 0.2) is 0 Å². The van der Waals surface area contributed by atoms with Crippen molar-refractivity contribution in [3.63, 3.8) is 0 Å². The maximum Gasteiger partial charge on any atom is 0.315 e. The molecule has 0 fully saturated rings. The molecule has 0 aliphatic rings. The largest absolute Gasteiger partial charge is 0.337 e. The summed E-state index contributed by atoms with van der Waals surface area (Å²) in [4.78, 5) is 11.2. The first-order valence-corrected chi connectivity index (χ1v) is 6.48. The summed E-state index contributed by atoms with van der Waals surface area (Å²) in [6.07, 6.45) is 0. The van der Waals surface area contributed by atoms with E-state index in [4.69, 9.17) is 0 Å². The quantitative estimate of drug-likeness (QED) is 0.769. The molecule has 15 heavy (non-hydrogen) atoms. The highest BCUT2D eigenvalue weighted by molar-refractivity contribution is 7.86. The van der Waals surface area contributed by atoms with Gasteiger partial charge in [-0.15, -0.1) is 0 Å². The van der Waals surface area contributed by atoms with Gasteiger partial charge in [0.25, 0.3) is 0 Å². The summed E-state index contributed by atoms with van der Waals surface area (Å²) in [5.41, 5.74) is 0. The van der Waals surface area contributed by atoms with Crippen molar-refractivity contribution < 1.29 is 9.00 Å². The Morgan fingerprint density at radius 1 is 1.33 bits per heavy atom. The molecule has 1 atom stereocenters. The van der Waals surface area contributed by atoms with Gasteiger partial charge in [-0.2, -0.15) is 0 Å². The predicted molar refractivity (Wildman–Crippen MR) is 64.4 cm³/mol.